The van der Waals surface area contributed by atoms with Gasteiger partial charge >= 0.3 is 0 Å². The number of hydrogen-bond donors (Lipinski definition) is 1. The van der Waals surface area contributed by atoms with Crippen LogP contribution in [0.25, 0.3) is 11.0 Å². The highest BCUT2D eigenvalue weighted by Gasteiger charge is 2.23. The van der Waals surface area contributed by atoms with Gasteiger partial charge in [0.25, 0.3) is 0 Å². The van der Waals surface area contributed by atoms with E-state index in [0.29, 0.717) is 29.1 Å². The Bertz CT molecular complexity index is 866. The summed E-state index contributed by atoms with van der Waals surface area (Å²) in [6.45, 7) is 4.05. The maximum absolute atomic E-state index is 13.9. The second kappa shape index (κ2) is 5.87. The number of aromatic nitrogens is 3. The summed E-state index contributed by atoms with van der Waals surface area (Å²) in [7, 11) is 0. The summed E-state index contributed by atoms with van der Waals surface area (Å²) < 4.78 is 27.8. The van der Waals surface area contributed by atoms with E-state index in [1.165, 1.54) is 18.6 Å². The van der Waals surface area contributed by atoms with Gasteiger partial charge in [-0.25, -0.2) is 18.7 Å². The van der Waals surface area contributed by atoms with Gasteiger partial charge in [-0.15, -0.1) is 0 Å². The van der Waals surface area contributed by atoms with Gasteiger partial charge in [-0.3, -0.25) is 4.79 Å². The Labute approximate surface area is 131 Å². The van der Waals surface area contributed by atoms with Crippen LogP contribution >= 0.6 is 0 Å². The van der Waals surface area contributed by atoms with Gasteiger partial charge in [0.15, 0.2) is 0 Å². The van der Waals surface area contributed by atoms with E-state index < -0.39 is 23.0 Å². The van der Waals surface area contributed by atoms with Crippen LogP contribution in [0.5, 0.6) is 0 Å². The molecule has 0 saturated heterocycles. The third kappa shape index (κ3) is 2.72. The van der Waals surface area contributed by atoms with Gasteiger partial charge < -0.3 is 4.98 Å². The molecule has 0 radical (unpaired) electrons. The minimum atomic E-state index is -0.883. The quantitative estimate of drug-likeness (QED) is 0.747. The van der Waals surface area contributed by atoms with Crippen molar-refractivity contribution >= 4 is 16.8 Å². The molecule has 6 heteroatoms. The Morgan fingerprint density at radius 3 is 2.57 bits per heavy atom. The van der Waals surface area contributed by atoms with Gasteiger partial charge in [0.1, 0.15) is 23.6 Å². The van der Waals surface area contributed by atoms with E-state index in [9.17, 15) is 13.6 Å². The van der Waals surface area contributed by atoms with Crippen molar-refractivity contribution in [3.05, 3.63) is 59.2 Å². The number of rotatable bonds is 4. The van der Waals surface area contributed by atoms with Crippen LogP contribution < -0.4 is 0 Å². The molecule has 118 valence electrons. The largest absolute Gasteiger partial charge is 0.345 e. The van der Waals surface area contributed by atoms with Gasteiger partial charge in [-0.05, 0) is 24.5 Å². The fourth-order valence-corrected chi connectivity index (χ4v) is 2.60. The first-order valence-electron chi connectivity index (χ1n) is 7.28. The van der Waals surface area contributed by atoms with E-state index in [0.717, 1.165) is 12.1 Å². The number of benzene rings is 1. The topological polar surface area (TPSA) is 58.6 Å². The van der Waals surface area contributed by atoms with Crippen LogP contribution in [0.1, 0.15) is 35.5 Å². The van der Waals surface area contributed by atoms with E-state index in [2.05, 4.69) is 15.0 Å². The molecule has 0 aliphatic heterocycles. The van der Waals surface area contributed by atoms with Crippen molar-refractivity contribution in [1.29, 1.82) is 0 Å². The third-order valence-electron chi connectivity index (χ3n) is 3.58. The zero-order valence-corrected chi connectivity index (χ0v) is 12.7. The van der Waals surface area contributed by atoms with Crippen LogP contribution in [0.4, 0.5) is 8.78 Å². The minimum Gasteiger partial charge on any atom is -0.345 e. The van der Waals surface area contributed by atoms with Crippen molar-refractivity contribution in [3.63, 3.8) is 0 Å². The molecule has 3 rings (SSSR count). The maximum Gasteiger partial charge on any atom is 0.201 e. The fourth-order valence-electron chi connectivity index (χ4n) is 2.60. The summed E-state index contributed by atoms with van der Waals surface area (Å²) in [4.78, 5) is 23.8. The van der Waals surface area contributed by atoms with E-state index in [1.54, 1.807) is 0 Å². The van der Waals surface area contributed by atoms with Crippen molar-refractivity contribution in [2.24, 2.45) is 5.92 Å². The van der Waals surface area contributed by atoms with Gasteiger partial charge in [0, 0.05) is 6.20 Å². The Morgan fingerprint density at radius 1 is 1.22 bits per heavy atom. The molecule has 1 N–H and O–H groups in total. The number of carbonyl (C=O) groups is 1. The molecule has 0 amide bonds. The Morgan fingerprint density at radius 2 is 1.91 bits per heavy atom. The van der Waals surface area contributed by atoms with Crippen LogP contribution in [-0.2, 0) is 6.42 Å². The highest BCUT2D eigenvalue weighted by molar-refractivity contribution is 6.16. The summed E-state index contributed by atoms with van der Waals surface area (Å²) in [5.41, 5.74) is 0.787. The number of hydrogen-bond acceptors (Lipinski definition) is 3. The maximum atomic E-state index is 13.9. The SMILES string of the molecule is CC(C)Cc1ncnc2[nH]cc(C(=O)c3c(F)cccc3F)c12. The van der Waals surface area contributed by atoms with E-state index in [1.807, 2.05) is 13.8 Å². The minimum absolute atomic E-state index is 0.181. The Balaban J connectivity index is 2.19. The molecule has 0 bridgehead atoms. The highest BCUT2D eigenvalue weighted by Crippen LogP contribution is 2.25. The van der Waals surface area contributed by atoms with Crippen molar-refractivity contribution in [1.82, 2.24) is 15.0 Å². The lowest BCUT2D eigenvalue weighted by Crippen LogP contribution is -2.08. The van der Waals surface area contributed by atoms with Crippen LogP contribution in [0, 0.1) is 17.6 Å². The molecule has 0 saturated carbocycles. The highest BCUT2D eigenvalue weighted by atomic mass is 19.1. The second-order valence-electron chi connectivity index (χ2n) is 5.77. The lowest BCUT2D eigenvalue weighted by atomic mass is 9.99. The number of H-pyrrole nitrogens is 1. The summed E-state index contributed by atoms with van der Waals surface area (Å²) in [6.07, 6.45) is 3.47. The number of carbonyl (C=O) groups excluding carboxylic acids is 1. The smallest absolute Gasteiger partial charge is 0.201 e. The molecule has 0 fully saturated rings. The lowest BCUT2D eigenvalue weighted by Gasteiger charge is -2.07. The fraction of sp³-hybridized carbons (Fsp3) is 0.235. The number of fused-ring (bicyclic) bond motifs is 1. The molecule has 0 spiro atoms. The summed E-state index contributed by atoms with van der Waals surface area (Å²) >= 11 is 0. The molecule has 0 unspecified atom stereocenters. The number of halogens is 2. The third-order valence-corrected chi connectivity index (χ3v) is 3.58. The first-order valence-corrected chi connectivity index (χ1v) is 7.28. The van der Waals surface area contributed by atoms with E-state index in [-0.39, 0.29) is 5.56 Å². The normalized spacial score (nSPS) is 11.3. The zero-order valence-electron chi connectivity index (χ0n) is 12.7. The summed E-state index contributed by atoms with van der Waals surface area (Å²) in [5.74, 6) is -2.17. The molecule has 2 heterocycles. The van der Waals surface area contributed by atoms with Crippen molar-refractivity contribution in [2.75, 3.05) is 0 Å². The zero-order chi connectivity index (χ0) is 16.6. The molecule has 0 atom stereocenters. The van der Waals surface area contributed by atoms with Gasteiger partial charge in [0.05, 0.1) is 22.2 Å². The average molecular weight is 315 g/mol. The Hall–Kier alpha value is -2.63. The molecule has 0 aliphatic carbocycles. The molecule has 4 nitrogen and oxygen atoms in total. The predicted octanol–water partition coefficient (Wildman–Crippen LogP) is 3.67. The monoisotopic (exact) mass is 315 g/mol. The molecule has 3 aromatic rings. The average Bonchev–Trinajstić information content (AvgIpc) is 2.91. The van der Waals surface area contributed by atoms with Gasteiger partial charge in [0.2, 0.25) is 5.78 Å². The Kier molecular flexibility index (Phi) is 3.90. The number of nitrogens with zero attached hydrogens (tertiary/aromatic N) is 2. The lowest BCUT2D eigenvalue weighted by molar-refractivity contribution is 0.103. The van der Waals surface area contributed by atoms with E-state index >= 15 is 0 Å². The number of ketones is 1. The molecular weight excluding hydrogens is 300 g/mol. The predicted molar refractivity (Wildman–Crippen MR) is 82.2 cm³/mol. The van der Waals surface area contributed by atoms with Crippen molar-refractivity contribution < 1.29 is 13.6 Å². The van der Waals surface area contributed by atoms with Gasteiger partial charge in [-0.2, -0.15) is 0 Å². The molecule has 0 aliphatic rings. The van der Waals surface area contributed by atoms with Gasteiger partial charge in [-0.1, -0.05) is 19.9 Å². The standard InChI is InChI=1S/C17H15F2N3O/c1-9(2)6-13-14-10(7-20-17(14)22-8-21-13)16(23)15-11(18)4-3-5-12(15)19/h3-5,7-9H,6H2,1-2H3,(H,20,21,22). The van der Waals surface area contributed by atoms with Crippen LogP contribution in [0.2, 0.25) is 0 Å². The van der Waals surface area contributed by atoms with Crippen LogP contribution in [0.3, 0.4) is 0 Å². The first kappa shape index (κ1) is 15.3. The molecule has 23 heavy (non-hydrogen) atoms. The first-order chi connectivity index (χ1) is 11.0. The molecule has 1 aromatic carbocycles. The van der Waals surface area contributed by atoms with E-state index in [4.69, 9.17) is 0 Å². The summed E-state index contributed by atoms with van der Waals surface area (Å²) in [6, 6.07) is 3.36. The van der Waals surface area contributed by atoms with Crippen molar-refractivity contribution in [3.8, 4) is 0 Å². The number of nitrogens with one attached hydrogen (secondary N) is 1. The van der Waals surface area contributed by atoms with Crippen LogP contribution in [-0.4, -0.2) is 20.7 Å². The summed E-state index contributed by atoms with van der Waals surface area (Å²) in [5, 5.41) is 0.522. The van der Waals surface area contributed by atoms with Crippen LogP contribution in [0.15, 0.2) is 30.7 Å². The van der Waals surface area contributed by atoms with Crippen molar-refractivity contribution in [2.45, 2.75) is 20.3 Å². The molecule has 2 aromatic heterocycles. The number of aromatic amines is 1. The second-order valence-corrected chi connectivity index (χ2v) is 5.77. The molecular formula is C17H15F2N3O.